The van der Waals surface area contributed by atoms with E-state index in [9.17, 15) is 0 Å². The summed E-state index contributed by atoms with van der Waals surface area (Å²) in [5.41, 5.74) is 0. The van der Waals surface area contributed by atoms with Crippen molar-refractivity contribution in [2.24, 2.45) is 17.8 Å². The van der Waals surface area contributed by atoms with Gasteiger partial charge in [-0.15, -0.1) is 0 Å². The highest BCUT2D eigenvalue weighted by atomic mass is 14.3. The molecule has 0 heteroatoms. The van der Waals surface area contributed by atoms with Crippen molar-refractivity contribution in [2.75, 3.05) is 0 Å². The van der Waals surface area contributed by atoms with E-state index in [2.05, 4.69) is 20.8 Å². The molecule has 84 valence electrons. The molecule has 0 N–H and O–H groups in total. The zero-order valence-electron chi connectivity index (χ0n) is 10.4. The zero-order valence-corrected chi connectivity index (χ0v) is 10.4. The first kappa shape index (κ1) is 12.1. The molecular formula is C14H28. The molecule has 14 heavy (non-hydrogen) atoms. The van der Waals surface area contributed by atoms with Crippen LogP contribution in [-0.2, 0) is 0 Å². The smallest absolute Gasteiger partial charge is 0.0360 e. The summed E-state index contributed by atoms with van der Waals surface area (Å²) in [5.74, 6) is 3.06. The molecule has 0 heterocycles. The normalized spacial score (nSPS) is 23.4. The van der Waals surface area contributed by atoms with Crippen LogP contribution in [0.5, 0.6) is 0 Å². The van der Waals surface area contributed by atoms with Crippen LogP contribution in [-0.4, -0.2) is 0 Å². The van der Waals surface area contributed by atoms with Crippen LogP contribution in [0.4, 0.5) is 0 Å². The Morgan fingerprint density at radius 2 is 1.71 bits per heavy atom. The van der Waals surface area contributed by atoms with Gasteiger partial charge in [0.25, 0.3) is 0 Å². The Bertz CT molecular complexity index is 133. The number of hydrogen-bond acceptors (Lipinski definition) is 0. The van der Waals surface area contributed by atoms with E-state index in [4.69, 9.17) is 0 Å². The summed E-state index contributed by atoms with van der Waals surface area (Å²) in [6, 6.07) is 0. The average Bonchev–Trinajstić information content (AvgIpc) is 2.26. The first-order chi connectivity index (χ1) is 6.79. The van der Waals surface area contributed by atoms with E-state index < -0.39 is 0 Å². The molecule has 0 nitrogen and oxygen atoms in total. The quantitative estimate of drug-likeness (QED) is 0.578. The second-order valence-corrected chi connectivity index (χ2v) is 5.24. The largest absolute Gasteiger partial charge is 0.0654 e. The minimum absolute atomic E-state index is 0.957. The van der Waals surface area contributed by atoms with Crippen LogP contribution >= 0.6 is 0 Å². The van der Waals surface area contributed by atoms with Gasteiger partial charge in [-0.2, -0.15) is 0 Å². The Morgan fingerprint density at radius 1 is 1.07 bits per heavy atom. The maximum absolute atomic E-state index is 2.47. The minimum atomic E-state index is 0.957. The highest BCUT2D eigenvalue weighted by Crippen LogP contribution is 2.37. The van der Waals surface area contributed by atoms with Crippen molar-refractivity contribution in [3.05, 3.63) is 0 Å². The van der Waals surface area contributed by atoms with Crippen LogP contribution in [0, 0.1) is 17.8 Å². The van der Waals surface area contributed by atoms with E-state index in [0.29, 0.717) is 0 Å². The Kier molecular flexibility index (Phi) is 5.59. The summed E-state index contributed by atoms with van der Waals surface area (Å²) >= 11 is 0. The van der Waals surface area contributed by atoms with E-state index in [-0.39, 0.29) is 0 Å². The van der Waals surface area contributed by atoms with E-state index >= 15 is 0 Å². The summed E-state index contributed by atoms with van der Waals surface area (Å²) in [4.78, 5) is 0. The van der Waals surface area contributed by atoms with Gasteiger partial charge in [0.15, 0.2) is 0 Å². The Labute approximate surface area is 90.5 Å². The summed E-state index contributed by atoms with van der Waals surface area (Å²) < 4.78 is 0. The van der Waals surface area contributed by atoms with Crippen LogP contribution in [0.15, 0.2) is 0 Å². The third-order valence-corrected chi connectivity index (χ3v) is 4.25. The fraction of sp³-hybridized carbons (Fsp3) is 1.00. The number of rotatable bonds is 5. The van der Waals surface area contributed by atoms with Crippen LogP contribution in [0.3, 0.4) is 0 Å². The Morgan fingerprint density at radius 3 is 2.21 bits per heavy atom. The fourth-order valence-electron chi connectivity index (χ4n) is 3.18. The standard InChI is InChI=1S/C14H28/c1-4-9-14(12(3)5-2)13-10-7-6-8-11-13/h12-14H,4-11H2,1-3H3. The van der Waals surface area contributed by atoms with Crippen molar-refractivity contribution in [1.82, 2.24) is 0 Å². The molecule has 1 saturated carbocycles. The lowest BCUT2D eigenvalue weighted by Gasteiger charge is -2.34. The molecule has 0 radical (unpaired) electrons. The van der Waals surface area contributed by atoms with Gasteiger partial charge in [0.1, 0.15) is 0 Å². The average molecular weight is 196 g/mol. The molecule has 0 aliphatic heterocycles. The van der Waals surface area contributed by atoms with Crippen molar-refractivity contribution >= 4 is 0 Å². The first-order valence-electron chi connectivity index (χ1n) is 6.79. The lowest BCUT2D eigenvalue weighted by Crippen LogP contribution is -2.23. The topological polar surface area (TPSA) is 0 Å². The Hall–Kier alpha value is 0. The van der Waals surface area contributed by atoms with Gasteiger partial charge in [-0.25, -0.2) is 0 Å². The summed E-state index contributed by atoms with van der Waals surface area (Å²) in [6.45, 7) is 7.17. The fourth-order valence-corrected chi connectivity index (χ4v) is 3.18. The zero-order chi connectivity index (χ0) is 10.4. The van der Waals surface area contributed by atoms with Gasteiger partial charge in [-0.05, 0) is 17.8 Å². The van der Waals surface area contributed by atoms with Gasteiger partial charge in [0.2, 0.25) is 0 Å². The highest BCUT2D eigenvalue weighted by molar-refractivity contribution is 4.77. The predicted molar refractivity (Wildman–Crippen MR) is 64.4 cm³/mol. The molecule has 0 saturated heterocycles. The molecule has 1 aliphatic carbocycles. The third kappa shape index (κ3) is 3.29. The molecule has 2 atom stereocenters. The van der Waals surface area contributed by atoms with Gasteiger partial charge < -0.3 is 0 Å². The monoisotopic (exact) mass is 196 g/mol. The molecule has 2 unspecified atom stereocenters. The van der Waals surface area contributed by atoms with E-state index in [1.54, 1.807) is 0 Å². The molecular weight excluding hydrogens is 168 g/mol. The lowest BCUT2D eigenvalue weighted by molar-refractivity contribution is 0.171. The SMILES string of the molecule is CCCC(C(C)CC)C1CCCCC1. The van der Waals surface area contributed by atoms with E-state index in [0.717, 1.165) is 17.8 Å². The van der Waals surface area contributed by atoms with E-state index in [1.165, 1.54) is 51.4 Å². The minimum Gasteiger partial charge on any atom is -0.0654 e. The third-order valence-electron chi connectivity index (χ3n) is 4.25. The number of hydrogen-bond donors (Lipinski definition) is 0. The maximum atomic E-state index is 2.47. The lowest BCUT2D eigenvalue weighted by atomic mass is 9.72. The molecule has 0 bridgehead atoms. The van der Waals surface area contributed by atoms with Crippen LogP contribution < -0.4 is 0 Å². The predicted octanol–water partition coefficient (Wildman–Crippen LogP) is 5.03. The molecule has 1 aliphatic rings. The first-order valence-corrected chi connectivity index (χ1v) is 6.79. The summed E-state index contributed by atoms with van der Waals surface area (Å²) in [6.07, 6.45) is 11.8. The Balaban J connectivity index is 2.46. The molecule has 0 aromatic rings. The van der Waals surface area contributed by atoms with Gasteiger partial charge in [0.05, 0.1) is 0 Å². The summed E-state index contributed by atoms with van der Waals surface area (Å²) in [5, 5.41) is 0. The van der Waals surface area contributed by atoms with Crippen LogP contribution in [0.1, 0.15) is 72.1 Å². The molecule has 0 aromatic heterocycles. The van der Waals surface area contributed by atoms with Crippen LogP contribution in [0.2, 0.25) is 0 Å². The van der Waals surface area contributed by atoms with Gasteiger partial charge in [-0.3, -0.25) is 0 Å². The molecule has 0 spiro atoms. The summed E-state index contributed by atoms with van der Waals surface area (Å²) in [7, 11) is 0. The van der Waals surface area contributed by atoms with Crippen LogP contribution in [0.25, 0.3) is 0 Å². The maximum Gasteiger partial charge on any atom is -0.0360 e. The van der Waals surface area contributed by atoms with Crippen molar-refractivity contribution in [2.45, 2.75) is 72.1 Å². The van der Waals surface area contributed by atoms with Crippen molar-refractivity contribution in [1.29, 1.82) is 0 Å². The van der Waals surface area contributed by atoms with Crippen molar-refractivity contribution in [3.63, 3.8) is 0 Å². The van der Waals surface area contributed by atoms with Crippen molar-refractivity contribution < 1.29 is 0 Å². The molecule has 1 fully saturated rings. The van der Waals surface area contributed by atoms with Crippen molar-refractivity contribution in [3.8, 4) is 0 Å². The highest BCUT2D eigenvalue weighted by Gasteiger charge is 2.26. The van der Waals surface area contributed by atoms with E-state index in [1.807, 2.05) is 0 Å². The molecule has 1 rings (SSSR count). The second-order valence-electron chi connectivity index (χ2n) is 5.24. The molecule has 0 aromatic carbocycles. The van der Waals surface area contributed by atoms with Gasteiger partial charge in [-0.1, -0.05) is 72.1 Å². The second kappa shape index (κ2) is 6.48. The van der Waals surface area contributed by atoms with Gasteiger partial charge in [0, 0.05) is 0 Å². The molecule has 0 amide bonds. The van der Waals surface area contributed by atoms with Gasteiger partial charge >= 0.3 is 0 Å².